The van der Waals surface area contributed by atoms with Gasteiger partial charge in [0.1, 0.15) is 12.1 Å². The molecule has 7 heteroatoms. The lowest BCUT2D eigenvalue weighted by Gasteiger charge is -2.41. The molecule has 184 valence electrons. The number of aliphatic carboxylic acids is 1. The van der Waals surface area contributed by atoms with Gasteiger partial charge in [-0.3, -0.25) is 4.79 Å². The summed E-state index contributed by atoms with van der Waals surface area (Å²) in [5.41, 5.74) is 3.58. The van der Waals surface area contributed by atoms with E-state index in [9.17, 15) is 19.5 Å². The number of hydrogen-bond donors (Lipinski definition) is 2. The molecule has 2 unspecified atom stereocenters. The zero-order valence-corrected chi connectivity index (χ0v) is 20.0. The Kier molecular flexibility index (Phi) is 6.26. The van der Waals surface area contributed by atoms with Gasteiger partial charge in [0.25, 0.3) is 0 Å². The molecule has 0 radical (unpaired) electrons. The van der Waals surface area contributed by atoms with Gasteiger partial charge in [0, 0.05) is 25.4 Å². The number of fused-ring (bicyclic) bond motifs is 3. The van der Waals surface area contributed by atoms with Crippen molar-refractivity contribution in [1.82, 2.24) is 10.2 Å². The highest BCUT2D eigenvalue weighted by Crippen LogP contribution is 2.45. The molecule has 2 saturated carbocycles. The van der Waals surface area contributed by atoms with E-state index in [2.05, 4.69) is 29.6 Å². The lowest BCUT2D eigenvalue weighted by molar-refractivity contribution is -0.161. The van der Waals surface area contributed by atoms with Crippen LogP contribution in [0, 0.1) is 11.8 Å². The van der Waals surface area contributed by atoms with Crippen molar-refractivity contribution in [3.05, 3.63) is 59.7 Å². The predicted octanol–water partition coefficient (Wildman–Crippen LogP) is 4.41. The van der Waals surface area contributed by atoms with E-state index in [-0.39, 0.29) is 30.3 Å². The van der Waals surface area contributed by atoms with Crippen molar-refractivity contribution in [2.24, 2.45) is 11.8 Å². The van der Waals surface area contributed by atoms with E-state index in [4.69, 9.17) is 4.74 Å². The van der Waals surface area contributed by atoms with Crippen LogP contribution in [0.25, 0.3) is 11.1 Å². The number of rotatable bonds is 7. The van der Waals surface area contributed by atoms with Crippen molar-refractivity contribution < 1.29 is 24.2 Å². The van der Waals surface area contributed by atoms with Crippen molar-refractivity contribution >= 4 is 18.0 Å². The van der Waals surface area contributed by atoms with Crippen molar-refractivity contribution in [2.45, 2.75) is 50.0 Å². The molecule has 2 N–H and O–H groups in total. The molecule has 0 spiro atoms. The van der Waals surface area contributed by atoms with Crippen LogP contribution < -0.4 is 5.32 Å². The summed E-state index contributed by atoms with van der Waals surface area (Å²) in [5, 5.41) is 12.7. The molecule has 3 aliphatic rings. The Morgan fingerprint density at radius 1 is 1.00 bits per heavy atom. The molecule has 2 atom stereocenters. The highest BCUT2D eigenvalue weighted by molar-refractivity contribution is 5.89. The van der Waals surface area contributed by atoms with Crippen molar-refractivity contribution in [2.75, 3.05) is 20.2 Å². The number of ether oxygens (including phenoxy) is 1. The van der Waals surface area contributed by atoms with Crippen LogP contribution >= 0.6 is 0 Å². The highest BCUT2D eigenvalue weighted by atomic mass is 16.5. The third-order valence-corrected chi connectivity index (χ3v) is 8.14. The minimum atomic E-state index is -1.09. The number of amides is 2. The van der Waals surface area contributed by atoms with Gasteiger partial charge in [-0.1, -0.05) is 67.8 Å². The highest BCUT2D eigenvalue weighted by Gasteiger charge is 2.51. The van der Waals surface area contributed by atoms with Gasteiger partial charge in [0.15, 0.2) is 0 Å². The van der Waals surface area contributed by atoms with Gasteiger partial charge in [0.05, 0.1) is 0 Å². The molecule has 0 heterocycles. The van der Waals surface area contributed by atoms with E-state index in [1.165, 1.54) is 16.0 Å². The Morgan fingerprint density at radius 2 is 1.60 bits per heavy atom. The monoisotopic (exact) mass is 476 g/mol. The third-order valence-electron chi connectivity index (χ3n) is 8.14. The molecule has 0 aromatic heterocycles. The van der Waals surface area contributed by atoms with Gasteiger partial charge in [-0.05, 0) is 47.4 Å². The fourth-order valence-corrected chi connectivity index (χ4v) is 5.93. The fourth-order valence-electron chi connectivity index (χ4n) is 5.93. The van der Waals surface area contributed by atoms with E-state index < -0.39 is 17.6 Å². The second kappa shape index (κ2) is 9.36. The first-order valence-corrected chi connectivity index (χ1v) is 12.5. The number of nitrogens with zero attached hydrogens (tertiary/aromatic N) is 1. The maximum absolute atomic E-state index is 13.0. The molecule has 2 fully saturated rings. The van der Waals surface area contributed by atoms with E-state index in [0.29, 0.717) is 25.8 Å². The number of likely N-dealkylation sites (N-methyl/N-ethyl adjacent to an activating group) is 1. The van der Waals surface area contributed by atoms with Crippen LogP contribution in [0.15, 0.2) is 48.5 Å². The number of carbonyl (C=O) groups excluding carboxylic acids is 2. The maximum Gasteiger partial charge on any atom is 0.407 e. The Balaban J connectivity index is 1.13. The lowest BCUT2D eigenvalue weighted by Crippen LogP contribution is -2.56. The molecule has 2 amide bonds. The summed E-state index contributed by atoms with van der Waals surface area (Å²) in [7, 11) is 1.62. The van der Waals surface area contributed by atoms with E-state index in [1.54, 1.807) is 7.05 Å². The van der Waals surface area contributed by atoms with Crippen molar-refractivity contribution in [1.29, 1.82) is 0 Å². The van der Waals surface area contributed by atoms with Gasteiger partial charge in [-0.15, -0.1) is 0 Å². The number of nitrogens with one attached hydrogen (secondary N) is 1. The average molecular weight is 477 g/mol. The number of hydrogen-bond acceptors (Lipinski definition) is 4. The molecule has 5 rings (SSSR count). The summed E-state index contributed by atoms with van der Waals surface area (Å²) in [5.74, 6) is -1.28. The molecule has 0 aliphatic heterocycles. The van der Waals surface area contributed by atoms with Crippen molar-refractivity contribution in [3.63, 3.8) is 0 Å². The third kappa shape index (κ3) is 4.28. The summed E-state index contributed by atoms with van der Waals surface area (Å²) in [6.07, 6.45) is 3.81. The van der Waals surface area contributed by atoms with Gasteiger partial charge < -0.3 is 20.1 Å². The average Bonchev–Trinajstić information content (AvgIpc) is 3.60. The Hall–Kier alpha value is -3.35. The van der Waals surface area contributed by atoms with Crippen LogP contribution in [0.1, 0.15) is 55.6 Å². The molecule has 35 heavy (non-hydrogen) atoms. The minimum Gasteiger partial charge on any atom is -0.479 e. The van der Waals surface area contributed by atoms with Gasteiger partial charge in [-0.25, -0.2) is 9.59 Å². The zero-order chi connectivity index (χ0) is 24.6. The molecule has 7 nitrogen and oxygen atoms in total. The largest absolute Gasteiger partial charge is 0.479 e. The Labute approximate surface area is 205 Å². The fraction of sp³-hybridized carbons (Fsp3) is 0.464. The first kappa shape index (κ1) is 23.4. The second-order valence-corrected chi connectivity index (χ2v) is 10.1. The van der Waals surface area contributed by atoms with E-state index >= 15 is 0 Å². The normalized spacial score (nSPS) is 22.0. The van der Waals surface area contributed by atoms with Crippen LogP contribution in [0.3, 0.4) is 0 Å². The zero-order valence-electron chi connectivity index (χ0n) is 20.0. The van der Waals surface area contributed by atoms with Crippen LogP contribution in [0.4, 0.5) is 4.79 Å². The quantitative estimate of drug-likeness (QED) is 0.617. The summed E-state index contributed by atoms with van der Waals surface area (Å²) >= 11 is 0. The predicted molar refractivity (Wildman–Crippen MR) is 131 cm³/mol. The molecular weight excluding hydrogens is 444 g/mol. The minimum absolute atomic E-state index is 0.000229. The smallest absolute Gasteiger partial charge is 0.407 e. The van der Waals surface area contributed by atoms with Crippen LogP contribution in [0.2, 0.25) is 0 Å². The molecule has 2 aromatic carbocycles. The number of carbonyl (C=O) groups is 3. The first-order valence-electron chi connectivity index (χ1n) is 12.5. The first-order chi connectivity index (χ1) is 16.9. The van der Waals surface area contributed by atoms with E-state index in [1.807, 2.05) is 24.3 Å². The van der Waals surface area contributed by atoms with Crippen molar-refractivity contribution in [3.8, 4) is 11.1 Å². The Morgan fingerprint density at radius 3 is 2.20 bits per heavy atom. The summed E-state index contributed by atoms with van der Waals surface area (Å²) in [6, 6.07) is 16.4. The maximum atomic E-state index is 13.0. The summed E-state index contributed by atoms with van der Waals surface area (Å²) in [4.78, 5) is 39.0. The molecule has 2 aromatic rings. The van der Waals surface area contributed by atoms with Gasteiger partial charge >= 0.3 is 12.1 Å². The Bertz CT molecular complexity index is 1090. The molecule has 3 aliphatic carbocycles. The molecular formula is C28H32N2O5. The standard InChI is InChI=1S/C28H32N2O5/c1-30(28(26(32)33)13-7-2-8-14-28)25(31)23-15-18(23)16-29-27(34)35-17-24-21-11-5-3-9-19(21)20-10-4-6-12-22(20)24/h3-6,9-12,18,23-24H,2,7-8,13-17H2,1H3,(H,29,34)(H,32,33). The summed E-state index contributed by atoms with van der Waals surface area (Å²) in [6.45, 7) is 0.595. The van der Waals surface area contributed by atoms with Crippen LogP contribution in [-0.4, -0.2) is 53.7 Å². The van der Waals surface area contributed by atoms with Crippen LogP contribution in [-0.2, 0) is 14.3 Å². The van der Waals surface area contributed by atoms with E-state index in [0.717, 1.165) is 30.4 Å². The number of carboxylic acids is 1. The number of benzene rings is 2. The number of alkyl carbamates (subject to hydrolysis) is 1. The van der Waals surface area contributed by atoms with Crippen LogP contribution in [0.5, 0.6) is 0 Å². The van der Waals surface area contributed by atoms with Gasteiger partial charge in [-0.2, -0.15) is 0 Å². The number of carboxylic acid groups (broad SMARTS) is 1. The lowest BCUT2D eigenvalue weighted by atomic mass is 9.80. The van der Waals surface area contributed by atoms with Gasteiger partial charge in [0.2, 0.25) is 5.91 Å². The molecule has 0 bridgehead atoms. The topological polar surface area (TPSA) is 95.9 Å². The second-order valence-electron chi connectivity index (χ2n) is 10.1. The molecule has 0 saturated heterocycles. The SMILES string of the molecule is CN(C(=O)C1CC1CNC(=O)OCC1c2ccccc2-c2ccccc21)C1(C(=O)O)CCCCC1. The summed E-state index contributed by atoms with van der Waals surface area (Å²) < 4.78 is 5.58.